The lowest BCUT2D eigenvalue weighted by molar-refractivity contribution is -0.118. The van der Waals surface area contributed by atoms with E-state index in [0.29, 0.717) is 23.6 Å². The summed E-state index contributed by atoms with van der Waals surface area (Å²) in [5.74, 6) is -0.299. The predicted molar refractivity (Wildman–Crippen MR) is 63.3 cm³/mol. The van der Waals surface area contributed by atoms with E-state index in [-0.39, 0.29) is 18.0 Å². The first-order chi connectivity index (χ1) is 7.63. The average Bonchev–Trinajstić information content (AvgIpc) is 2.24. The summed E-state index contributed by atoms with van der Waals surface area (Å²) >= 11 is 5.87. The summed E-state index contributed by atoms with van der Waals surface area (Å²) < 4.78 is 12.9. The van der Waals surface area contributed by atoms with Gasteiger partial charge in [0, 0.05) is 24.4 Å². The minimum absolute atomic E-state index is 0.0634. The first kappa shape index (κ1) is 13.1. The van der Waals surface area contributed by atoms with E-state index in [9.17, 15) is 9.18 Å². The third-order valence-corrected chi connectivity index (χ3v) is 2.59. The minimum Gasteiger partial charge on any atom is -0.317 e. The molecule has 0 aliphatic carbocycles. The predicted octanol–water partition coefficient (Wildman–Crippen LogP) is 2.59. The van der Waals surface area contributed by atoms with Gasteiger partial charge in [-0.1, -0.05) is 18.5 Å². The van der Waals surface area contributed by atoms with Crippen molar-refractivity contribution in [1.29, 1.82) is 0 Å². The monoisotopic (exact) mass is 243 g/mol. The van der Waals surface area contributed by atoms with Crippen molar-refractivity contribution in [2.24, 2.45) is 0 Å². The normalized spacial score (nSPS) is 10.4. The van der Waals surface area contributed by atoms with E-state index < -0.39 is 0 Å². The van der Waals surface area contributed by atoms with Crippen molar-refractivity contribution in [1.82, 2.24) is 5.32 Å². The molecule has 0 bridgehead atoms. The maximum Gasteiger partial charge on any atom is 0.138 e. The highest BCUT2D eigenvalue weighted by molar-refractivity contribution is 6.31. The number of carbonyl (C=O) groups excluding carboxylic acids is 1. The molecule has 0 spiro atoms. The van der Waals surface area contributed by atoms with Gasteiger partial charge in [-0.3, -0.25) is 4.79 Å². The van der Waals surface area contributed by atoms with E-state index in [1.807, 2.05) is 6.92 Å². The summed E-state index contributed by atoms with van der Waals surface area (Å²) in [6.07, 6.45) is 0.642. The standard InChI is InChI=1S/C12H15ClFNO/c1-2-15-6-5-11(16)8-9-7-10(14)3-4-12(9)13/h3-4,7,15H,2,5-6,8H2,1H3. The van der Waals surface area contributed by atoms with Crippen LogP contribution < -0.4 is 5.32 Å². The Morgan fingerprint density at radius 2 is 2.25 bits per heavy atom. The van der Waals surface area contributed by atoms with Crippen molar-refractivity contribution in [3.8, 4) is 0 Å². The van der Waals surface area contributed by atoms with Crippen LogP contribution in [0.5, 0.6) is 0 Å². The van der Waals surface area contributed by atoms with E-state index >= 15 is 0 Å². The van der Waals surface area contributed by atoms with Crippen LogP contribution in [-0.2, 0) is 11.2 Å². The smallest absolute Gasteiger partial charge is 0.138 e. The molecule has 0 saturated heterocycles. The van der Waals surface area contributed by atoms with Gasteiger partial charge in [0.1, 0.15) is 11.6 Å². The molecule has 1 aromatic carbocycles. The summed E-state index contributed by atoms with van der Waals surface area (Å²) in [7, 11) is 0. The van der Waals surface area contributed by atoms with Crippen LogP contribution in [0.1, 0.15) is 18.9 Å². The Morgan fingerprint density at radius 3 is 2.94 bits per heavy atom. The van der Waals surface area contributed by atoms with Crippen LogP contribution in [0.3, 0.4) is 0 Å². The quantitative estimate of drug-likeness (QED) is 0.779. The number of benzene rings is 1. The highest BCUT2D eigenvalue weighted by Gasteiger charge is 2.07. The average molecular weight is 244 g/mol. The number of hydrogen-bond donors (Lipinski definition) is 1. The molecule has 1 aromatic rings. The van der Waals surface area contributed by atoms with Crippen molar-refractivity contribution in [3.63, 3.8) is 0 Å². The van der Waals surface area contributed by atoms with Crippen LogP contribution >= 0.6 is 11.6 Å². The second kappa shape index (κ2) is 6.61. The zero-order valence-corrected chi connectivity index (χ0v) is 9.98. The van der Waals surface area contributed by atoms with E-state index in [0.717, 1.165) is 6.54 Å². The second-order valence-corrected chi connectivity index (χ2v) is 3.96. The molecule has 0 atom stereocenters. The highest BCUT2D eigenvalue weighted by atomic mass is 35.5. The molecule has 0 aromatic heterocycles. The van der Waals surface area contributed by atoms with Crippen LogP contribution in [0.2, 0.25) is 5.02 Å². The Balaban J connectivity index is 2.52. The fourth-order valence-electron chi connectivity index (χ4n) is 1.38. The van der Waals surface area contributed by atoms with Gasteiger partial charge in [0.2, 0.25) is 0 Å². The third kappa shape index (κ3) is 4.29. The molecule has 0 saturated carbocycles. The van der Waals surface area contributed by atoms with Crippen LogP contribution in [0.15, 0.2) is 18.2 Å². The van der Waals surface area contributed by atoms with E-state index in [1.54, 1.807) is 0 Å². The minimum atomic E-state index is -0.362. The van der Waals surface area contributed by atoms with Crippen LogP contribution in [-0.4, -0.2) is 18.9 Å². The Labute approximate surface area is 99.8 Å². The number of rotatable bonds is 6. The van der Waals surface area contributed by atoms with Gasteiger partial charge in [-0.15, -0.1) is 0 Å². The fourth-order valence-corrected chi connectivity index (χ4v) is 1.57. The molecule has 16 heavy (non-hydrogen) atoms. The van der Waals surface area contributed by atoms with Gasteiger partial charge >= 0.3 is 0 Å². The lowest BCUT2D eigenvalue weighted by atomic mass is 10.1. The molecule has 4 heteroatoms. The van der Waals surface area contributed by atoms with Gasteiger partial charge in [0.15, 0.2) is 0 Å². The molecule has 2 nitrogen and oxygen atoms in total. The van der Waals surface area contributed by atoms with Gasteiger partial charge in [0.25, 0.3) is 0 Å². The molecule has 88 valence electrons. The van der Waals surface area contributed by atoms with Gasteiger partial charge < -0.3 is 5.32 Å². The molecule has 0 unspecified atom stereocenters. The summed E-state index contributed by atoms with van der Waals surface area (Å²) in [4.78, 5) is 11.5. The molecule has 1 N–H and O–H groups in total. The molecule has 0 heterocycles. The molecule has 0 aliphatic rings. The molecule has 0 fully saturated rings. The number of nitrogens with one attached hydrogen (secondary N) is 1. The number of hydrogen-bond acceptors (Lipinski definition) is 2. The van der Waals surface area contributed by atoms with Crippen molar-refractivity contribution >= 4 is 17.4 Å². The zero-order chi connectivity index (χ0) is 12.0. The SMILES string of the molecule is CCNCCC(=O)Cc1cc(F)ccc1Cl. The van der Waals surface area contributed by atoms with Gasteiger partial charge in [-0.05, 0) is 30.3 Å². The zero-order valence-electron chi connectivity index (χ0n) is 9.22. The molecular weight excluding hydrogens is 229 g/mol. The topological polar surface area (TPSA) is 29.1 Å². The largest absolute Gasteiger partial charge is 0.317 e. The van der Waals surface area contributed by atoms with Crippen molar-refractivity contribution < 1.29 is 9.18 Å². The molecular formula is C12H15ClFNO. The van der Waals surface area contributed by atoms with Crippen molar-refractivity contribution in [2.45, 2.75) is 19.8 Å². The second-order valence-electron chi connectivity index (χ2n) is 3.55. The number of halogens is 2. The molecule has 1 rings (SSSR count). The Hall–Kier alpha value is -0.930. The summed E-state index contributed by atoms with van der Waals surface area (Å²) in [6, 6.07) is 4.08. The maximum atomic E-state index is 12.9. The van der Waals surface area contributed by atoms with Crippen LogP contribution in [0, 0.1) is 5.82 Å². The van der Waals surface area contributed by atoms with Gasteiger partial charge in [-0.25, -0.2) is 4.39 Å². The molecule has 0 radical (unpaired) electrons. The third-order valence-electron chi connectivity index (χ3n) is 2.23. The lowest BCUT2D eigenvalue weighted by Gasteiger charge is -2.04. The number of ketones is 1. The fraction of sp³-hybridized carbons (Fsp3) is 0.417. The number of Topliss-reactive ketones (excluding diaryl/α,β-unsaturated/α-hetero) is 1. The highest BCUT2D eigenvalue weighted by Crippen LogP contribution is 2.18. The Morgan fingerprint density at radius 1 is 1.50 bits per heavy atom. The maximum absolute atomic E-state index is 12.9. The lowest BCUT2D eigenvalue weighted by Crippen LogP contribution is -2.18. The number of carbonyl (C=O) groups is 1. The Bertz CT molecular complexity index is 368. The van der Waals surface area contributed by atoms with Gasteiger partial charge in [-0.2, -0.15) is 0 Å². The van der Waals surface area contributed by atoms with E-state index in [2.05, 4.69) is 5.32 Å². The summed E-state index contributed by atoms with van der Waals surface area (Å²) in [5, 5.41) is 3.51. The van der Waals surface area contributed by atoms with Gasteiger partial charge in [0.05, 0.1) is 0 Å². The van der Waals surface area contributed by atoms with E-state index in [4.69, 9.17) is 11.6 Å². The van der Waals surface area contributed by atoms with E-state index in [1.165, 1.54) is 18.2 Å². The summed E-state index contributed by atoms with van der Waals surface area (Å²) in [5.41, 5.74) is 0.558. The first-order valence-corrected chi connectivity index (χ1v) is 5.67. The summed E-state index contributed by atoms with van der Waals surface area (Å²) in [6.45, 7) is 3.48. The first-order valence-electron chi connectivity index (χ1n) is 5.29. The molecule has 0 aliphatic heterocycles. The Kier molecular flexibility index (Phi) is 5.43. The van der Waals surface area contributed by atoms with Crippen LogP contribution in [0.25, 0.3) is 0 Å². The van der Waals surface area contributed by atoms with Crippen LogP contribution in [0.4, 0.5) is 4.39 Å². The molecule has 0 amide bonds. The van der Waals surface area contributed by atoms with Crippen molar-refractivity contribution in [3.05, 3.63) is 34.6 Å². The van der Waals surface area contributed by atoms with Crippen molar-refractivity contribution in [2.75, 3.05) is 13.1 Å².